The van der Waals surface area contributed by atoms with Gasteiger partial charge in [-0.2, -0.15) is 0 Å². The number of halogens is 1. The highest BCUT2D eigenvalue weighted by atomic mass is 127. The predicted molar refractivity (Wildman–Crippen MR) is 132 cm³/mol. The van der Waals surface area contributed by atoms with E-state index in [2.05, 4.69) is 15.6 Å². The summed E-state index contributed by atoms with van der Waals surface area (Å²) in [6.07, 6.45) is -0.811. The molecule has 3 N–H and O–H groups in total. The molecule has 0 radical (unpaired) electrons. The monoisotopic (exact) mass is 545 g/mol. The molecule has 0 aliphatic carbocycles. The number of guanidine groups is 1. The van der Waals surface area contributed by atoms with Gasteiger partial charge in [-0.05, 0) is 37.3 Å². The SMILES string of the molecule is CCNC(=NCc1ccc(OC)cc1OC)NCC(O)c1cc(OC)ccc1OC.I. The summed E-state index contributed by atoms with van der Waals surface area (Å²) in [6, 6.07) is 10.9. The highest BCUT2D eigenvalue weighted by Gasteiger charge is 2.15. The summed E-state index contributed by atoms with van der Waals surface area (Å²) in [6.45, 7) is 3.31. The molecular formula is C22H32IN3O5. The molecule has 9 heteroatoms. The first-order valence-corrected chi connectivity index (χ1v) is 9.69. The minimum Gasteiger partial charge on any atom is -0.497 e. The van der Waals surface area contributed by atoms with E-state index in [-0.39, 0.29) is 30.5 Å². The largest absolute Gasteiger partial charge is 0.497 e. The number of aliphatic imine (C=N–C) groups is 1. The van der Waals surface area contributed by atoms with Crippen molar-refractivity contribution in [2.45, 2.75) is 19.6 Å². The van der Waals surface area contributed by atoms with Crippen LogP contribution in [0.1, 0.15) is 24.2 Å². The molecular weight excluding hydrogens is 513 g/mol. The quantitative estimate of drug-likeness (QED) is 0.240. The van der Waals surface area contributed by atoms with Crippen LogP contribution in [0.4, 0.5) is 0 Å². The fraction of sp³-hybridized carbons (Fsp3) is 0.409. The van der Waals surface area contributed by atoms with E-state index in [1.54, 1.807) is 46.6 Å². The number of hydrogen-bond acceptors (Lipinski definition) is 6. The number of nitrogens with one attached hydrogen (secondary N) is 2. The lowest BCUT2D eigenvalue weighted by atomic mass is 10.1. The molecule has 0 heterocycles. The minimum atomic E-state index is -0.811. The average Bonchev–Trinajstić information content (AvgIpc) is 2.79. The zero-order valence-corrected chi connectivity index (χ0v) is 20.9. The summed E-state index contributed by atoms with van der Waals surface area (Å²) < 4.78 is 21.3. The van der Waals surface area contributed by atoms with Gasteiger partial charge in [0, 0.05) is 30.3 Å². The third-order valence-corrected chi connectivity index (χ3v) is 4.50. The molecule has 1 atom stereocenters. The van der Waals surface area contributed by atoms with Crippen molar-refractivity contribution in [1.29, 1.82) is 0 Å². The smallest absolute Gasteiger partial charge is 0.191 e. The van der Waals surface area contributed by atoms with Crippen LogP contribution in [0.15, 0.2) is 41.4 Å². The number of hydrogen-bond donors (Lipinski definition) is 3. The minimum absolute atomic E-state index is 0. The van der Waals surface area contributed by atoms with E-state index in [0.717, 1.165) is 11.3 Å². The maximum atomic E-state index is 10.7. The number of ether oxygens (including phenoxy) is 4. The first kappa shape index (κ1) is 26.6. The first-order valence-electron chi connectivity index (χ1n) is 9.69. The maximum Gasteiger partial charge on any atom is 0.191 e. The van der Waals surface area contributed by atoms with Gasteiger partial charge in [0.15, 0.2) is 5.96 Å². The summed E-state index contributed by atoms with van der Waals surface area (Å²) in [5.74, 6) is 3.25. The summed E-state index contributed by atoms with van der Waals surface area (Å²) in [4.78, 5) is 4.60. The Morgan fingerprint density at radius 1 is 0.903 bits per heavy atom. The Labute approximate surface area is 201 Å². The van der Waals surface area contributed by atoms with E-state index in [9.17, 15) is 5.11 Å². The Bertz CT molecular complexity index is 848. The van der Waals surface area contributed by atoms with Gasteiger partial charge in [-0.3, -0.25) is 0 Å². The van der Waals surface area contributed by atoms with Gasteiger partial charge in [-0.1, -0.05) is 0 Å². The van der Waals surface area contributed by atoms with Gasteiger partial charge < -0.3 is 34.7 Å². The zero-order chi connectivity index (χ0) is 21.9. The van der Waals surface area contributed by atoms with Crippen LogP contribution in [-0.2, 0) is 6.54 Å². The number of methoxy groups -OCH3 is 4. The van der Waals surface area contributed by atoms with Crippen LogP contribution in [0.25, 0.3) is 0 Å². The molecule has 0 bridgehead atoms. The van der Waals surface area contributed by atoms with Crippen LogP contribution >= 0.6 is 24.0 Å². The fourth-order valence-electron chi connectivity index (χ4n) is 2.89. The first-order chi connectivity index (χ1) is 14.6. The fourth-order valence-corrected chi connectivity index (χ4v) is 2.89. The summed E-state index contributed by atoms with van der Waals surface area (Å²) in [5, 5.41) is 17.0. The van der Waals surface area contributed by atoms with Gasteiger partial charge in [-0.15, -0.1) is 24.0 Å². The normalized spacial score (nSPS) is 11.7. The molecule has 0 aromatic heterocycles. The molecule has 0 saturated heterocycles. The van der Waals surface area contributed by atoms with Crippen molar-refractivity contribution in [3.8, 4) is 23.0 Å². The Balaban J connectivity index is 0.00000480. The third-order valence-electron chi connectivity index (χ3n) is 4.50. The van der Waals surface area contributed by atoms with E-state index >= 15 is 0 Å². The van der Waals surface area contributed by atoms with Crippen molar-refractivity contribution < 1.29 is 24.1 Å². The highest BCUT2D eigenvalue weighted by molar-refractivity contribution is 14.0. The topological polar surface area (TPSA) is 93.6 Å². The van der Waals surface area contributed by atoms with Crippen molar-refractivity contribution in [2.24, 2.45) is 4.99 Å². The molecule has 0 aliphatic rings. The number of nitrogens with zero attached hydrogens (tertiary/aromatic N) is 1. The molecule has 2 aromatic carbocycles. The van der Waals surface area contributed by atoms with Crippen molar-refractivity contribution in [3.63, 3.8) is 0 Å². The summed E-state index contributed by atoms with van der Waals surface area (Å²) in [5.41, 5.74) is 1.56. The Morgan fingerprint density at radius 2 is 1.55 bits per heavy atom. The molecule has 2 aromatic rings. The molecule has 0 saturated carbocycles. The van der Waals surface area contributed by atoms with E-state index in [0.29, 0.717) is 41.9 Å². The van der Waals surface area contributed by atoms with Crippen LogP contribution in [0, 0.1) is 0 Å². The summed E-state index contributed by atoms with van der Waals surface area (Å²) >= 11 is 0. The molecule has 0 amide bonds. The number of aliphatic hydroxyl groups is 1. The van der Waals surface area contributed by atoms with Crippen LogP contribution in [0.2, 0.25) is 0 Å². The van der Waals surface area contributed by atoms with Gasteiger partial charge in [-0.25, -0.2) is 4.99 Å². The second kappa shape index (κ2) is 13.8. The average molecular weight is 545 g/mol. The molecule has 0 spiro atoms. The Morgan fingerprint density at radius 3 is 2.16 bits per heavy atom. The van der Waals surface area contributed by atoms with Crippen LogP contribution in [0.5, 0.6) is 23.0 Å². The second-order valence-electron chi connectivity index (χ2n) is 6.38. The lowest BCUT2D eigenvalue weighted by molar-refractivity contribution is 0.176. The molecule has 2 rings (SSSR count). The van der Waals surface area contributed by atoms with Crippen LogP contribution < -0.4 is 29.6 Å². The lowest BCUT2D eigenvalue weighted by Crippen LogP contribution is -2.39. The van der Waals surface area contributed by atoms with Gasteiger partial charge in [0.2, 0.25) is 0 Å². The molecule has 0 fully saturated rings. The summed E-state index contributed by atoms with van der Waals surface area (Å²) in [7, 11) is 6.38. The van der Waals surface area contributed by atoms with E-state index in [1.807, 2.05) is 25.1 Å². The van der Waals surface area contributed by atoms with Gasteiger partial charge in [0.1, 0.15) is 23.0 Å². The lowest BCUT2D eigenvalue weighted by Gasteiger charge is -2.18. The van der Waals surface area contributed by atoms with Gasteiger partial charge in [0.05, 0.1) is 41.1 Å². The molecule has 172 valence electrons. The van der Waals surface area contributed by atoms with Crippen LogP contribution in [-0.4, -0.2) is 52.6 Å². The zero-order valence-electron chi connectivity index (χ0n) is 18.6. The van der Waals surface area contributed by atoms with Crippen LogP contribution in [0.3, 0.4) is 0 Å². The standard InChI is InChI=1S/C22H31N3O5.HI/c1-6-23-22(24-13-15-7-8-17(28-3)12-21(15)30-5)25-14-19(26)18-11-16(27-2)9-10-20(18)29-4;/h7-12,19,26H,6,13-14H2,1-5H3,(H2,23,24,25);1H. The van der Waals surface area contributed by atoms with E-state index in [1.165, 1.54) is 0 Å². The molecule has 31 heavy (non-hydrogen) atoms. The second-order valence-corrected chi connectivity index (χ2v) is 6.38. The van der Waals surface area contributed by atoms with Crippen molar-refractivity contribution >= 4 is 29.9 Å². The third kappa shape index (κ3) is 7.66. The van der Waals surface area contributed by atoms with Crippen molar-refractivity contribution in [2.75, 3.05) is 41.5 Å². The highest BCUT2D eigenvalue weighted by Crippen LogP contribution is 2.29. The number of rotatable bonds is 10. The van der Waals surface area contributed by atoms with Crippen molar-refractivity contribution in [3.05, 3.63) is 47.5 Å². The van der Waals surface area contributed by atoms with Gasteiger partial charge >= 0.3 is 0 Å². The maximum absolute atomic E-state index is 10.7. The Kier molecular flexibility index (Phi) is 11.9. The van der Waals surface area contributed by atoms with Gasteiger partial charge in [0.25, 0.3) is 0 Å². The molecule has 8 nitrogen and oxygen atoms in total. The number of benzene rings is 2. The Hall–Kier alpha value is -2.40. The predicted octanol–water partition coefficient (Wildman–Crippen LogP) is 3.13. The van der Waals surface area contributed by atoms with E-state index in [4.69, 9.17) is 18.9 Å². The number of aliphatic hydroxyl groups excluding tert-OH is 1. The van der Waals surface area contributed by atoms with E-state index < -0.39 is 6.10 Å². The molecule has 1 unspecified atom stereocenters. The van der Waals surface area contributed by atoms with Crippen molar-refractivity contribution in [1.82, 2.24) is 10.6 Å². The molecule has 0 aliphatic heterocycles.